The summed E-state index contributed by atoms with van der Waals surface area (Å²) in [6.45, 7) is 3.10. The van der Waals surface area contributed by atoms with Crippen LogP contribution in [-0.2, 0) is 6.18 Å². The third-order valence-corrected chi connectivity index (χ3v) is 1.65. The van der Waals surface area contributed by atoms with Crippen LogP contribution in [0.1, 0.15) is 5.56 Å². The Hall–Kier alpha value is -1.85. The zero-order valence-electron chi connectivity index (χ0n) is 7.60. The van der Waals surface area contributed by atoms with E-state index < -0.39 is 17.6 Å². The smallest absolute Gasteiger partial charge is 0.418 e. The molecule has 0 aliphatic rings. The van der Waals surface area contributed by atoms with Crippen molar-refractivity contribution in [3.8, 4) is 0 Å². The minimum absolute atomic E-state index is 0.0732. The van der Waals surface area contributed by atoms with E-state index >= 15 is 0 Å². The van der Waals surface area contributed by atoms with E-state index in [4.69, 9.17) is 10.8 Å². The van der Waals surface area contributed by atoms with E-state index in [0.717, 1.165) is 12.1 Å². The van der Waals surface area contributed by atoms with Crippen molar-refractivity contribution in [3.05, 3.63) is 36.2 Å². The number of nitrogens with two attached hydrogens (primary N) is 1. The summed E-state index contributed by atoms with van der Waals surface area (Å²) in [7, 11) is 0. The van der Waals surface area contributed by atoms with Crippen LogP contribution in [0.3, 0.4) is 0 Å². The van der Waals surface area contributed by atoms with Gasteiger partial charge in [0.25, 0.3) is 0 Å². The average Bonchev–Trinajstić information content (AvgIpc) is 2.05. The topological polar surface area (TPSA) is 58.3 Å². The molecule has 0 spiro atoms. The third kappa shape index (κ3) is 2.80. The number of halogens is 3. The molecule has 0 radical (unpaired) electrons. The highest BCUT2D eigenvalue weighted by Gasteiger charge is 2.33. The Balaban J connectivity index is 3.11. The minimum Gasteiger partial charge on any atom is -0.495 e. The molecule has 1 aromatic carbocycles. The van der Waals surface area contributed by atoms with Crippen LogP contribution in [0.25, 0.3) is 0 Å². The Labute approximate surface area is 84.0 Å². The first-order valence-electron chi connectivity index (χ1n) is 3.92. The fourth-order valence-electron chi connectivity index (χ4n) is 1.05. The predicted molar refractivity (Wildman–Crippen MR) is 51.2 cm³/mol. The fraction of sp³-hybridized carbons (Fsp3) is 0.111. The minimum atomic E-state index is -4.52. The summed E-state index contributed by atoms with van der Waals surface area (Å²) in [5, 5.41) is 11.0. The van der Waals surface area contributed by atoms with Gasteiger partial charge in [0.2, 0.25) is 0 Å². The van der Waals surface area contributed by atoms with Crippen LogP contribution >= 0.6 is 0 Å². The van der Waals surface area contributed by atoms with Gasteiger partial charge in [-0.15, -0.1) is 0 Å². The molecular formula is C9H9F3N2O. The molecular weight excluding hydrogens is 209 g/mol. The van der Waals surface area contributed by atoms with Gasteiger partial charge in [0.15, 0.2) is 5.88 Å². The molecule has 0 aliphatic heterocycles. The number of hydrogen-bond acceptors (Lipinski definition) is 3. The van der Waals surface area contributed by atoms with Gasteiger partial charge in [-0.25, -0.2) is 0 Å². The molecule has 0 bridgehead atoms. The van der Waals surface area contributed by atoms with Gasteiger partial charge in [-0.05, 0) is 24.8 Å². The lowest BCUT2D eigenvalue weighted by molar-refractivity contribution is -0.136. The molecule has 0 aromatic heterocycles. The maximum Gasteiger partial charge on any atom is 0.418 e. The number of anilines is 2. The van der Waals surface area contributed by atoms with Gasteiger partial charge in [-0.2, -0.15) is 13.2 Å². The van der Waals surface area contributed by atoms with E-state index in [0.29, 0.717) is 0 Å². The molecule has 0 saturated heterocycles. The molecule has 1 rings (SSSR count). The van der Waals surface area contributed by atoms with Crippen molar-refractivity contribution in [1.82, 2.24) is 0 Å². The molecule has 0 aliphatic carbocycles. The van der Waals surface area contributed by atoms with Crippen molar-refractivity contribution in [1.29, 1.82) is 0 Å². The van der Waals surface area contributed by atoms with Crippen LogP contribution in [0, 0.1) is 0 Å². The first-order chi connectivity index (χ1) is 6.80. The van der Waals surface area contributed by atoms with Gasteiger partial charge < -0.3 is 16.2 Å². The van der Waals surface area contributed by atoms with Crippen LogP contribution in [0.15, 0.2) is 30.7 Å². The highest BCUT2D eigenvalue weighted by molar-refractivity contribution is 5.59. The highest BCUT2D eigenvalue weighted by Crippen LogP contribution is 2.35. The molecule has 0 heterocycles. The molecule has 3 nitrogen and oxygen atoms in total. The molecule has 0 amide bonds. The second-order valence-electron chi connectivity index (χ2n) is 2.87. The van der Waals surface area contributed by atoms with Crippen molar-refractivity contribution in [2.75, 3.05) is 11.1 Å². The summed E-state index contributed by atoms with van der Waals surface area (Å²) in [5.74, 6) is -0.437. The summed E-state index contributed by atoms with van der Waals surface area (Å²) in [4.78, 5) is 0. The lowest BCUT2D eigenvalue weighted by Gasteiger charge is -2.12. The molecule has 0 saturated carbocycles. The lowest BCUT2D eigenvalue weighted by atomic mass is 10.1. The van der Waals surface area contributed by atoms with Gasteiger partial charge in [0.1, 0.15) is 0 Å². The quantitative estimate of drug-likeness (QED) is 0.528. The Morgan fingerprint density at radius 1 is 1.40 bits per heavy atom. The molecule has 0 atom stereocenters. The van der Waals surface area contributed by atoms with Crippen LogP contribution in [0.4, 0.5) is 24.5 Å². The van der Waals surface area contributed by atoms with E-state index in [9.17, 15) is 13.2 Å². The van der Waals surface area contributed by atoms with Crippen molar-refractivity contribution < 1.29 is 18.3 Å². The maximum atomic E-state index is 12.4. The number of hydrogen-bond donors (Lipinski definition) is 3. The normalized spacial score (nSPS) is 11.1. The summed E-state index contributed by atoms with van der Waals surface area (Å²) in [6.07, 6.45) is -4.52. The SMILES string of the molecule is C=C(O)Nc1ccc(N)c(C(F)(F)F)c1. The van der Waals surface area contributed by atoms with E-state index in [1.54, 1.807) is 0 Å². The summed E-state index contributed by atoms with van der Waals surface area (Å²) < 4.78 is 37.1. The largest absolute Gasteiger partial charge is 0.495 e. The van der Waals surface area contributed by atoms with Gasteiger partial charge in [-0.3, -0.25) is 0 Å². The van der Waals surface area contributed by atoms with Gasteiger partial charge in [-0.1, -0.05) is 0 Å². The molecule has 6 heteroatoms. The van der Waals surface area contributed by atoms with E-state index in [2.05, 4.69) is 11.9 Å². The Morgan fingerprint density at radius 3 is 2.47 bits per heavy atom. The molecule has 0 unspecified atom stereocenters. The number of aliphatic hydroxyl groups excluding tert-OH is 1. The van der Waals surface area contributed by atoms with Gasteiger partial charge in [0.05, 0.1) is 5.56 Å². The zero-order valence-corrected chi connectivity index (χ0v) is 7.60. The second kappa shape index (κ2) is 3.72. The molecule has 0 fully saturated rings. The monoisotopic (exact) mass is 218 g/mol. The predicted octanol–water partition coefficient (Wildman–Crippen LogP) is 2.73. The zero-order chi connectivity index (χ0) is 11.6. The number of alkyl halides is 3. The number of benzene rings is 1. The van der Waals surface area contributed by atoms with Crippen molar-refractivity contribution in [2.24, 2.45) is 0 Å². The van der Waals surface area contributed by atoms with Crippen LogP contribution in [0.5, 0.6) is 0 Å². The standard InChI is InChI=1S/C9H9F3N2O/c1-5(15)14-6-2-3-8(13)7(4-6)9(10,11)12/h2-4,14-15H,1,13H2. The molecule has 1 aromatic rings. The van der Waals surface area contributed by atoms with Gasteiger partial charge >= 0.3 is 6.18 Å². The van der Waals surface area contributed by atoms with Crippen LogP contribution in [0.2, 0.25) is 0 Å². The third-order valence-electron chi connectivity index (χ3n) is 1.65. The van der Waals surface area contributed by atoms with Gasteiger partial charge in [0, 0.05) is 11.4 Å². The molecule has 4 N–H and O–H groups in total. The number of nitrogen functional groups attached to an aromatic ring is 1. The Bertz CT molecular complexity index is 387. The molecule has 15 heavy (non-hydrogen) atoms. The Kier molecular flexibility index (Phi) is 2.78. The van der Waals surface area contributed by atoms with E-state index in [1.807, 2.05) is 0 Å². The summed E-state index contributed by atoms with van der Waals surface area (Å²) in [5.41, 5.74) is 3.93. The van der Waals surface area contributed by atoms with Crippen molar-refractivity contribution in [2.45, 2.75) is 6.18 Å². The first-order valence-corrected chi connectivity index (χ1v) is 3.92. The first kappa shape index (κ1) is 11.2. The van der Waals surface area contributed by atoms with Crippen molar-refractivity contribution in [3.63, 3.8) is 0 Å². The Morgan fingerprint density at radius 2 is 2.00 bits per heavy atom. The average molecular weight is 218 g/mol. The summed E-state index contributed by atoms with van der Waals surface area (Å²) in [6, 6.07) is 3.22. The summed E-state index contributed by atoms with van der Waals surface area (Å²) >= 11 is 0. The van der Waals surface area contributed by atoms with Crippen LogP contribution < -0.4 is 11.1 Å². The fourth-order valence-corrected chi connectivity index (χ4v) is 1.05. The lowest BCUT2D eigenvalue weighted by Crippen LogP contribution is -2.09. The van der Waals surface area contributed by atoms with E-state index in [1.165, 1.54) is 6.07 Å². The maximum absolute atomic E-state index is 12.4. The number of rotatable bonds is 2. The molecule has 82 valence electrons. The number of nitrogens with one attached hydrogen (secondary N) is 1. The number of aliphatic hydroxyl groups is 1. The second-order valence-corrected chi connectivity index (χ2v) is 2.87. The highest BCUT2D eigenvalue weighted by atomic mass is 19.4. The van der Waals surface area contributed by atoms with Crippen molar-refractivity contribution >= 4 is 11.4 Å². The van der Waals surface area contributed by atoms with Crippen LogP contribution in [-0.4, -0.2) is 5.11 Å². The van der Waals surface area contributed by atoms with E-state index in [-0.39, 0.29) is 11.4 Å².